The summed E-state index contributed by atoms with van der Waals surface area (Å²) in [6, 6.07) is 0. The van der Waals surface area contributed by atoms with Gasteiger partial charge in [0.05, 0.1) is 13.5 Å². The van der Waals surface area contributed by atoms with E-state index < -0.39 is 5.97 Å². The highest BCUT2D eigenvalue weighted by atomic mass is 16.7. The first kappa shape index (κ1) is 11.0. The average Bonchev–Trinajstić information content (AvgIpc) is 2.82. The van der Waals surface area contributed by atoms with Gasteiger partial charge in [0.1, 0.15) is 0 Å². The van der Waals surface area contributed by atoms with E-state index in [0.29, 0.717) is 0 Å². The van der Waals surface area contributed by atoms with Gasteiger partial charge < -0.3 is 5.11 Å². The number of carboxylic acids is 1. The van der Waals surface area contributed by atoms with E-state index in [4.69, 9.17) is 9.94 Å². The maximum absolute atomic E-state index is 11.4. The maximum Gasteiger partial charge on any atom is 0.303 e. The SMILES string of the molecule is CON(C)C(=O)CC1(CC(=O)O)CC1. The van der Waals surface area contributed by atoms with Crippen LogP contribution in [-0.4, -0.2) is 36.2 Å². The van der Waals surface area contributed by atoms with Crippen LogP contribution in [0.4, 0.5) is 0 Å². The van der Waals surface area contributed by atoms with Gasteiger partial charge in [0.2, 0.25) is 5.91 Å². The van der Waals surface area contributed by atoms with Gasteiger partial charge in [0.25, 0.3) is 0 Å². The molecule has 0 heterocycles. The van der Waals surface area contributed by atoms with E-state index in [2.05, 4.69) is 0 Å². The Morgan fingerprint density at radius 2 is 2.00 bits per heavy atom. The van der Waals surface area contributed by atoms with Gasteiger partial charge in [-0.15, -0.1) is 0 Å². The smallest absolute Gasteiger partial charge is 0.303 e. The molecule has 0 unspecified atom stereocenters. The van der Waals surface area contributed by atoms with Crippen molar-refractivity contribution in [2.24, 2.45) is 5.41 Å². The lowest BCUT2D eigenvalue weighted by molar-refractivity contribution is -0.170. The molecule has 0 aromatic heterocycles. The molecule has 0 aliphatic heterocycles. The second kappa shape index (κ2) is 3.96. The molecule has 80 valence electrons. The van der Waals surface area contributed by atoms with Crippen molar-refractivity contribution in [1.82, 2.24) is 5.06 Å². The fourth-order valence-corrected chi connectivity index (χ4v) is 1.45. The summed E-state index contributed by atoms with van der Waals surface area (Å²) in [4.78, 5) is 26.7. The molecule has 5 nitrogen and oxygen atoms in total. The minimum atomic E-state index is -0.838. The summed E-state index contributed by atoms with van der Waals surface area (Å²) < 4.78 is 0. The van der Waals surface area contributed by atoms with Crippen LogP contribution in [0.1, 0.15) is 25.7 Å². The number of amides is 1. The first-order valence-corrected chi connectivity index (χ1v) is 4.51. The van der Waals surface area contributed by atoms with Gasteiger partial charge in [-0.2, -0.15) is 0 Å². The largest absolute Gasteiger partial charge is 0.481 e. The number of hydrogen-bond donors (Lipinski definition) is 1. The first-order valence-electron chi connectivity index (χ1n) is 4.51. The van der Waals surface area contributed by atoms with E-state index in [1.165, 1.54) is 14.2 Å². The van der Waals surface area contributed by atoms with Crippen molar-refractivity contribution in [3.05, 3.63) is 0 Å². The zero-order valence-electron chi connectivity index (χ0n) is 8.45. The van der Waals surface area contributed by atoms with Gasteiger partial charge in [-0.05, 0) is 18.3 Å². The van der Waals surface area contributed by atoms with Crippen molar-refractivity contribution >= 4 is 11.9 Å². The van der Waals surface area contributed by atoms with Gasteiger partial charge in [-0.3, -0.25) is 14.4 Å². The van der Waals surface area contributed by atoms with Crippen LogP contribution in [0.2, 0.25) is 0 Å². The predicted molar refractivity (Wildman–Crippen MR) is 48.3 cm³/mol. The number of carbonyl (C=O) groups excluding carboxylic acids is 1. The van der Waals surface area contributed by atoms with E-state index in [1.807, 2.05) is 0 Å². The molecule has 1 aliphatic carbocycles. The molecule has 1 amide bonds. The maximum atomic E-state index is 11.4. The number of aliphatic carboxylic acids is 1. The highest BCUT2D eigenvalue weighted by molar-refractivity contribution is 5.77. The highest BCUT2D eigenvalue weighted by Gasteiger charge is 2.46. The monoisotopic (exact) mass is 201 g/mol. The van der Waals surface area contributed by atoms with Crippen LogP contribution in [-0.2, 0) is 14.4 Å². The molecular weight excluding hydrogens is 186 g/mol. The number of hydrogen-bond acceptors (Lipinski definition) is 3. The van der Waals surface area contributed by atoms with Crippen molar-refractivity contribution in [1.29, 1.82) is 0 Å². The summed E-state index contributed by atoms with van der Waals surface area (Å²) in [5.74, 6) is -0.999. The van der Waals surface area contributed by atoms with Crippen LogP contribution in [0.5, 0.6) is 0 Å². The highest BCUT2D eigenvalue weighted by Crippen LogP contribution is 2.52. The van der Waals surface area contributed by atoms with Crippen LogP contribution in [0.15, 0.2) is 0 Å². The quantitative estimate of drug-likeness (QED) is 0.663. The molecule has 0 saturated heterocycles. The molecule has 0 radical (unpaired) electrons. The summed E-state index contributed by atoms with van der Waals surface area (Å²) in [7, 11) is 2.94. The van der Waals surface area contributed by atoms with Gasteiger partial charge >= 0.3 is 5.97 Å². The van der Waals surface area contributed by atoms with Crippen molar-refractivity contribution < 1.29 is 19.5 Å². The minimum Gasteiger partial charge on any atom is -0.481 e. The summed E-state index contributed by atoms with van der Waals surface area (Å²) in [5.41, 5.74) is -0.296. The fourth-order valence-electron chi connectivity index (χ4n) is 1.45. The molecule has 0 aromatic rings. The zero-order valence-corrected chi connectivity index (χ0v) is 8.45. The Morgan fingerprint density at radius 3 is 2.36 bits per heavy atom. The summed E-state index contributed by atoms with van der Waals surface area (Å²) in [5, 5.41) is 9.78. The lowest BCUT2D eigenvalue weighted by Crippen LogP contribution is -2.28. The molecule has 5 heteroatoms. The Balaban J connectivity index is 2.43. The van der Waals surface area contributed by atoms with Gasteiger partial charge in [-0.25, -0.2) is 5.06 Å². The van der Waals surface area contributed by atoms with E-state index in [9.17, 15) is 9.59 Å². The Kier molecular flexibility index (Phi) is 3.10. The van der Waals surface area contributed by atoms with Crippen molar-refractivity contribution in [2.75, 3.05) is 14.2 Å². The van der Waals surface area contributed by atoms with E-state index in [0.717, 1.165) is 17.9 Å². The third-order valence-electron chi connectivity index (χ3n) is 2.63. The Bertz CT molecular complexity index is 247. The second-order valence-corrected chi connectivity index (χ2v) is 3.82. The van der Waals surface area contributed by atoms with Gasteiger partial charge in [0, 0.05) is 13.5 Å². The molecular formula is C9H15NO4. The molecule has 1 aliphatic rings. The summed E-state index contributed by atoms with van der Waals surface area (Å²) in [6.07, 6.45) is 1.99. The first-order chi connectivity index (χ1) is 6.49. The molecule has 1 N–H and O–H groups in total. The lowest BCUT2D eigenvalue weighted by atomic mass is 9.98. The third kappa shape index (κ3) is 2.70. The number of nitrogens with zero attached hydrogens (tertiary/aromatic N) is 1. The van der Waals surface area contributed by atoms with E-state index in [-0.39, 0.29) is 24.2 Å². The molecule has 1 rings (SSSR count). The van der Waals surface area contributed by atoms with Crippen LogP contribution in [0, 0.1) is 5.41 Å². The van der Waals surface area contributed by atoms with Crippen molar-refractivity contribution in [3.8, 4) is 0 Å². The zero-order chi connectivity index (χ0) is 10.8. The predicted octanol–water partition coefficient (Wildman–Crippen LogP) is 0.651. The summed E-state index contributed by atoms with van der Waals surface area (Å²) in [6.45, 7) is 0. The molecule has 1 fully saturated rings. The van der Waals surface area contributed by atoms with Gasteiger partial charge in [0.15, 0.2) is 0 Å². The molecule has 0 spiro atoms. The number of rotatable bonds is 5. The number of carboxylic acid groups (broad SMARTS) is 1. The standard InChI is InChI=1S/C9H15NO4/c1-10(14-2)7(11)5-9(3-4-9)6-8(12)13/h3-6H2,1-2H3,(H,12,13). The minimum absolute atomic E-state index is 0.0797. The third-order valence-corrected chi connectivity index (χ3v) is 2.63. The Labute approximate surface area is 82.6 Å². The number of hydroxylamine groups is 2. The molecule has 0 bridgehead atoms. The van der Waals surface area contributed by atoms with E-state index in [1.54, 1.807) is 0 Å². The van der Waals surface area contributed by atoms with Crippen LogP contribution < -0.4 is 0 Å². The molecule has 1 saturated carbocycles. The van der Waals surface area contributed by atoms with Crippen LogP contribution >= 0.6 is 0 Å². The lowest BCUT2D eigenvalue weighted by Gasteiger charge is -2.17. The molecule has 0 aromatic carbocycles. The molecule has 0 atom stereocenters. The van der Waals surface area contributed by atoms with Crippen molar-refractivity contribution in [3.63, 3.8) is 0 Å². The average molecular weight is 201 g/mol. The Morgan fingerprint density at radius 1 is 1.43 bits per heavy atom. The normalized spacial score (nSPS) is 17.6. The van der Waals surface area contributed by atoms with Crippen LogP contribution in [0.3, 0.4) is 0 Å². The second-order valence-electron chi connectivity index (χ2n) is 3.82. The van der Waals surface area contributed by atoms with E-state index >= 15 is 0 Å². The fraction of sp³-hybridized carbons (Fsp3) is 0.778. The molecule has 14 heavy (non-hydrogen) atoms. The Hall–Kier alpha value is -1.10. The topological polar surface area (TPSA) is 66.8 Å². The number of carbonyl (C=O) groups is 2. The van der Waals surface area contributed by atoms with Crippen LogP contribution in [0.25, 0.3) is 0 Å². The van der Waals surface area contributed by atoms with Crippen molar-refractivity contribution in [2.45, 2.75) is 25.7 Å². The van der Waals surface area contributed by atoms with Gasteiger partial charge in [-0.1, -0.05) is 0 Å². The summed E-state index contributed by atoms with van der Waals surface area (Å²) >= 11 is 0.